The van der Waals surface area contributed by atoms with E-state index in [1.807, 2.05) is 85.7 Å². The van der Waals surface area contributed by atoms with E-state index < -0.39 is 7.15 Å². The molecule has 8 aromatic carbocycles. The third kappa shape index (κ3) is 11.0. The molecular weight excluding hydrogens is 1030 g/mol. The van der Waals surface area contributed by atoms with Gasteiger partial charge >= 0.3 is 24.8 Å². The molecule has 0 saturated heterocycles. The molecule has 0 atom stereocenters. The van der Waals surface area contributed by atoms with Crippen LogP contribution >= 0.6 is 91.7 Å². The van der Waals surface area contributed by atoms with Crippen LogP contribution in [0.1, 0.15) is 1.37 Å². The van der Waals surface area contributed by atoms with Gasteiger partial charge in [-0.2, -0.15) is 0 Å². The van der Waals surface area contributed by atoms with Gasteiger partial charge in [-0.25, -0.2) is 17.6 Å². The second-order valence-corrected chi connectivity index (χ2v) is 18.3. The number of hydrogen-bond acceptors (Lipinski definition) is 6. The zero-order valence-corrected chi connectivity index (χ0v) is 41.5. The number of hydrogen-bond donors (Lipinski definition) is 1. The molecule has 0 bridgehead atoms. The van der Waals surface area contributed by atoms with Crippen LogP contribution in [0.5, 0.6) is 0 Å². The predicted molar refractivity (Wildman–Crippen MR) is 276 cm³/mol. The van der Waals surface area contributed by atoms with Crippen LogP contribution in [0.3, 0.4) is 0 Å². The fourth-order valence-electron chi connectivity index (χ4n) is 7.29. The molecule has 0 unspecified atom stereocenters. The number of rotatable bonds is 8. The molecule has 0 aliphatic heterocycles. The molecule has 63 heavy (non-hydrogen) atoms. The van der Waals surface area contributed by atoms with E-state index in [9.17, 15) is 22.0 Å². The van der Waals surface area contributed by atoms with Crippen LogP contribution in [0, 0.1) is 23.3 Å². The average Bonchev–Trinajstić information content (AvgIpc) is 3.29. The van der Waals surface area contributed by atoms with Crippen molar-refractivity contribution in [2.24, 2.45) is 4.30 Å². The summed E-state index contributed by atoms with van der Waals surface area (Å²) in [5.74, 6) is -1.09. The maximum absolute atomic E-state index is 14.9. The van der Waals surface area contributed by atoms with Crippen LogP contribution in [0.25, 0.3) is 66.1 Å². The minimum atomic E-state index is -1.00. The van der Waals surface area contributed by atoms with Crippen molar-refractivity contribution in [1.82, 2.24) is 0 Å². The zero-order valence-electron chi connectivity index (χ0n) is 35.2. The van der Waals surface area contributed by atoms with Gasteiger partial charge in [0, 0.05) is 73.0 Å². The van der Waals surface area contributed by atoms with Crippen LogP contribution in [0.2, 0.25) is 0 Å². The number of thiol groups is 1. The van der Waals surface area contributed by atoms with Gasteiger partial charge in [0.2, 0.25) is 0 Å². The number of nitrogens with zero attached hydrogens (tertiary/aromatic N) is 1. The molecule has 1 radical (unpaired) electrons. The maximum atomic E-state index is 14.9. The Morgan fingerprint density at radius 3 is 1.00 bits per heavy atom. The number of fused-ring (bicyclic) bond motifs is 2. The fraction of sp³-hybridized carbons (Fsp3) is 0.102. The van der Waals surface area contributed by atoms with Crippen molar-refractivity contribution >= 4 is 121 Å². The summed E-state index contributed by atoms with van der Waals surface area (Å²) < 4.78 is 79.0. The van der Waals surface area contributed by atoms with E-state index in [4.69, 9.17) is 1.37 Å². The Morgan fingerprint density at radius 2 is 0.746 bits per heavy atom. The van der Waals surface area contributed by atoms with Crippen molar-refractivity contribution in [2.75, 3.05) is 32.2 Å². The summed E-state index contributed by atoms with van der Waals surface area (Å²) in [4.78, 5) is 3.87. The Hall–Kier alpha value is -3.50. The molecule has 0 spiro atoms. The molecule has 0 aliphatic rings. The normalized spacial score (nSPS) is 10.8. The summed E-state index contributed by atoms with van der Waals surface area (Å²) in [7, 11) is 3.34. The van der Waals surface area contributed by atoms with Crippen molar-refractivity contribution in [2.45, 2.75) is 19.6 Å². The van der Waals surface area contributed by atoms with Gasteiger partial charge in [0.1, 0.15) is 23.3 Å². The zero-order chi connectivity index (χ0) is 46.5. The Bertz CT molecular complexity index is 2740. The third-order valence-electron chi connectivity index (χ3n) is 9.80. The van der Waals surface area contributed by atoms with E-state index >= 15 is 0 Å². The molecule has 0 amide bonds. The van der Waals surface area contributed by atoms with E-state index in [1.165, 1.54) is 24.3 Å². The van der Waals surface area contributed by atoms with Gasteiger partial charge in [0.25, 0.3) is 0 Å². The quantitative estimate of drug-likeness (QED) is 0.0704. The molecule has 321 valence electrons. The summed E-state index contributed by atoms with van der Waals surface area (Å²) in [5.41, 5.74) is 5.49. The van der Waals surface area contributed by atoms with Crippen LogP contribution in [-0.2, 0) is 0 Å². The number of alkyl halides is 1. The standard InChI is InChI=1S/C24H16Br2F2S2.C24H18F2S2.CH3F.BHNS/c1-29-23-17(25)11-16-15(21(23)13-7-3-5-9-19(13)27)12-18(26)24(30-2)22(16)14-8-4-6-10-20(14)28;1-27-21-13-11-16-15(23(21)17-7-3-5-9-19(17)25)12-14-22(28-2)24(16)18-8-4-6-10-20(18)26;1-2;1-2-3/h3-12H,1-2H3;3-14H,1-2H3;1H3;3H/i;;1D;. The van der Waals surface area contributed by atoms with Crippen LogP contribution in [-0.4, -0.2) is 39.8 Å². The van der Waals surface area contributed by atoms with Gasteiger partial charge in [0.05, 0.1) is 8.52 Å². The fourth-order valence-corrected chi connectivity index (χ4v) is 11.7. The molecule has 0 fully saturated rings. The summed E-state index contributed by atoms with van der Waals surface area (Å²) in [6.07, 6.45) is 7.91. The Labute approximate surface area is 407 Å². The van der Waals surface area contributed by atoms with Crippen molar-refractivity contribution in [3.63, 3.8) is 0 Å². The Kier molecular flexibility index (Phi) is 18.8. The summed E-state index contributed by atoms with van der Waals surface area (Å²) in [5, 5.41) is 3.59. The number of halogens is 7. The minimum absolute atomic E-state index is 0.258. The first kappa shape index (κ1) is 48.9. The van der Waals surface area contributed by atoms with E-state index in [-0.39, 0.29) is 23.3 Å². The van der Waals surface area contributed by atoms with Crippen molar-refractivity contribution in [3.8, 4) is 44.5 Å². The molecule has 8 rings (SSSR count). The summed E-state index contributed by atoms with van der Waals surface area (Å²) in [6, 6.07) is 39.2. The SMILES string of the molecule is CSc1c(Br)cc2c(-c3ccccc3F)c(SC)c(Br)cc2c1-c1ccccc1F.CSc1ccc2c(-c3ccccc3F)c(SC)ccc2c1-c1ccccc1F.[2H]CF.[B]=NS. The molecule has 0 aromatic heterocycles. The molecule has 0 saturated carbocycles. The van der Waals surface area contributed by atoms with Gasteiger partial charge in [-0.15, -0.1) is 47.0 Å². The third-order valence-corrected chi connectivity index (χ3v) is 14.8. The Balaban J connectivity index is 0.000000215. The van der Waals surface area contributed by atoms with Crippen molar-refractivity contribution in [1.29, 1.82) is 0 Å². The van der Waals surface area contributed by atoms with Gasteiger partial charge in [-0.05, 0) is 127 Å². The first-order valence-electron chi connectivity index (χ1n) is 19.3. The van der Waals surface area contributed by atoms with Gasteiger partial charge in [-0.1, -0.05) is 84.9 Å². The van der Waals surface area contributed by atoms with Crippen LogP contribution < -0.4 is 0 Å². The number of thioether (sulfide) groups is 4. The van der Waals surface area contributed by atoms with E-state index in [1.54, 1.807) is 95.6 Å². The topological polar surface area (TPSA) is 12.4 Å². The van der Waals surface area contributed by atoms with Gasteiger partial charge in [-0.3, -0.25) is 4.39 Å². The van der Waals surface area contributed by atoms with Crippen LogP contribution in [0.4, 0.5) is 22.0 Å². The second kappa shape index (κ2) is 24.1. The second-order valence-electron chi connectivity index (χ2n) is 13.0. The molecule has 14 heteroatoms. The van der Waals surface area contributed by atoms with Crippen molar-refractivity contribution < 1.29 is 23.3 Å². The average molecular weight is 1070 g/mol. The van der Waals surface area contributed by atoms with Gasteiger partial charge < -0.3 is 0 Å². The Morgan fingerprint density at radius 1 is 0.476 bits per heavy atom. The molecule has 0 heterocycles. The molecular formula is C49H38BBr2F5NS5. The number of benzene rings is 8. The van der Waals surface area contributed by atoms with Crippen molar-refractivity contribution in [3.05, 3.63) is 166 Å². The summed E-state index contributed by atoms with van der Waals surface area (Å²) in [6.45, 7) is 0. The van der Waals surface area contributed by atoms with E-state index in [2.05, 4.69) is 56.6 Å². The van der Waals surface area contributed by atoms with Gasteiger partial charge in [0.15, 0.2) is 0 Å². The first-order valence-corrected chi connectivity index (χ1v) is 25.5. The monoisotopic (exact) mass is 1070 g/mol. The molecule has 0 N–H and O–H groups in total. The molecule has 8 aromatic rings. The first-order chi connectivity index (χ1) is 31.0. The van der Waals surface area contributed by atoms with E-state index in [0.29, 0.717) is 22.3 Å². The van der Waals surface area contributed by atoms with Crippen LogP contribution in [0.15, 0.2) is 166 Å². The predicted octanol–water partition coefficient (Wildman–Crippen LogP) is 18.1. The molecule has 1 nitrogen and oxygen atoms in total. The summed E-state index contributed by atoms with van der Waals surface area (Å²) >= 11 is 16.8. The molecule has 0 aliphatic carbocycles. The van der Waals surface area contributed by atoms with E-state index in [0.717, 1.165) is 72.3 Å².